The van der Waals surface area contributed by atoms with Gasteiger partial charge >= 0.3 is 0 Å². The lowest BCUT2D eigenvalue weighted by Gasteiger charge is -2.14. The molecule has 0 aliphatic rings. The fourth-order valence-corrected chi connectivity index (χ4v) is 1.13. The summed E-state index contributed by atoms with van der Waals surface area (Å²) < 4.78 is 9.67. The Morgan fingerprint density at radius 3 is 2.55 bits per heavy atom. The summed E-state index contributed by atoms with van der Waals surface area (Å²) in [6.45, 7) is 2.65. The van der Waals surface area contributed by atoms with Gasteiger partial charge in [-0.2, -0.15) is 0 Å². The Bertz CT molecular complexity index is 136. The van der Waals surface area contributed by atoms with Crippen LogP contribution in [-0.4, -0.2) is 24.9 Å². The minimum atomic E-state index is -2.71. The molecular weight excluding hydrogens is 163 g/mol. The molecule has 3 nitrogen and oxygen atoms in total. The van der Waals surface area contributed by atoms with Crippen LogP contribution in [0.2, 0.25) is 0 Å². The molecule has 0 saturated heterocycles. The normalized spacial score (nSPS) is 16.3. The predicted octanol–water partition coefficient (Wildman–Crippen LogP) is 2.03. The van der Waals surface area contributed by atoms with Crippen LogP contribution in [-0.2, 0) is 9.05 Å². The van der Waals surface area contributed by atoms with Crippen LogP contribution in [0.3, 0.4) is 0 Å². The van der Waals surface area contributed by atoms with Crippen LogP contribution in [0.4, 0.5) is 0 Å². The minimum Gasteiger partial charge on any atom is -0.333 e. The van der Waals surface area contributed by atoms with Crippen LogP contribution in [0.25, 0.3) is 0 Å². The maximum Gasteiger partial charge on any atom is 0.247 e. The summed E-state index contributed by atoms with van der Waals surface area (Å²) in [5, 5.41) is 0. The van der Waals surface area contributed by atoms with E-state index in [4.69, 9.17) is 4.52 Å². The Morgan fingerprint density at radius 1 is 1.45 bits per heavy atom. The van der Waals surface area contributed by atoms with Crippen molar-refractivity contribution in [1.29, 1.82) is 0 Å². The minimum absolute atomic E-state index is 0.537. The van der Waals surface area contributed by atoms with E-state index < -0.39 is 7.57 Å². The van der Waals surface area contributed by atoms with Crippen molar-refractivity contribution in [3.05, 3.63) is 0 Å². The van der Waals surface area contributed by atoms with Crippen molar-refractivity contribution in [1.82, 2.24) is 0 Å². The van der Waals surface area contributed by atoms with Crippen molar-refractivity contribution in [3.63, 3.8) is 0 Å². The van der Waals surface area contributed by atoms with E-state index in [1.54, 1.807) is 0 Å². The molecular formula is C7H17O3P. The molecule has 0 fully saturated rings. The molecule has 0 aliphatic heterocycles. The molecule has 0 bridgehead atoms. The third-order valence-electron chi connectivity index (χ3n) is 1.33. The zero-order valence-electron chi connectivity index (χ0n) is 7.25. The summed E-state index contributed by atoms with van der Waals surface area (Å²) in [6, 6.07) is 0. The highest BCUT2D eigenvalue weighted by Gasteiger charge is 2.06. The van der Waals surface area contributed by atoms with Gasteiger partial charge in [-0.1, -0.05) is 19.8 Å². The lowest BCUT2D eigenvalue weighted by molar-refractivity contribution is 0.220. The van der Waals surface area contributed by atoms with Crippen molar-refractivity contribution in [2.45, 2.75) is 26.2 Å². The molecule has 1 unspecified atom stereocenters. The van der Waals surface area contributed by atoms with Gasteiger partial charge in [-0.15, -0.1) is 0 Å². The predicted molar refractivity (Wildman–Crippen MR) is 48.7 cm³/mol. The molecule has 11 heavy (non-hydrogen) atoms. The second-order valence-corrected chi connectivity index (χ2v) is 4.26. The Balaban J connectivity index is 3.31. The van der Waals surface area contributed by atoms with Gasteiger partial charge in [-0.05, 0) is 12.7 Å². The summed E-state index contributed by atoms with van der Waals surface area (Å²) in [5.74, 6) is 0. The van der Waals surface area contributed by atoms with Gasteiger partial charge in [-0.3, -0.25) is 0 Å². The zero-order valence-corrected chi connectivity index (χ0v) is 8.14. The van der Waals surface area contributed by atoms with Crippen molar-refractivity contribution in [2.75, 3.05) is 13.7 Å². The van der Waals surface area contributed by atoms with Gasteiger partial charge in [0.2, 0.25) is 7.57 Å². The molecule has 0 aliphatic carbocycles. The lowest BCUT2D eigenvalue weighted by atomic mass is 10.3. The van der Waals surface area contributed by atoms with Crippen LogP contribution in [0.5, 0.6) is 0 Å². The largest absolute Gasteiger partial charge is 0.333 e. The molecule has 1 N–H and O–H groups in total. The summed E-state index contributed by atoms with van der Waals surface area (Å²) in [6.07, 6.45) is 6.62. The van der Waals surface area contributed by atoms with Gasteiger partial charge in [0, 0.05) is 7.11 Å². The van der Waals surface area contributed by atoms with E-state index in [-0.39, 0.29) is 0 Å². The monoisotopic (exact) mass is 180 g/mol. The molecule has 0 saturated carbocycles. The second-order valence-electron chi connectivity index (χ2n) is 2.36. The molecule has 0 amide bonds. The highest BCUT2D eigenvalue weighted by Crippen LogP contribution is 2.41. The van der Waals surface area contributed by atoms with Crippen molar-refractivity contribution < 1.29 is 13.9 Å². The molecule has 1 atom stereocenters. The number of unbranched alkanes of at least 4 members (excludes halogenated alkanes) is 2. The Labute approximate surface area is 68.6 Å². The Hall–Kier alpha value is 0.180. The van der Waals surface area contributed by atoms with Crippen molar-refractivity contribution >= 4 is 13.9 Å². The first kappa shape index (κ1) is 11.2. The topological polar surface area (TPSA) is 38.7 Å². The standard InChI is InChI=1S/C7H17O3P/c1-4-5-6-7-10-11(3,8)9-2/h8H,3-7H2,1-2H3. The fraction of sp³-hybridized carbons (Fsp3) is 0.857. The molecule has 0 spiro atoms. The summed E-state index contributed by atoms with van der Waals surface area (Å²) in [5.41, 5.74) is 0. The molecule has 0 rings (SSSR count). The summed E-state index contributed by atoms with van der Waals surface area (Å²) in [7, 11) is -1.31. The van der Waals surface area contributed by atoms with Crippen molar-refractivity contribution in [2.24, 2.45) is 0 Å². The molecule has 0 aromatic carbocycles. The van der Waals surface area contributed by atoms with Gasteiger partial charge in [0.1, 0.15) is 0 Å². The highest BCUT2D eigenvalue weighted by molar-refractivity contribution is 7.58. The van der Waals surface area contributed by atoms with Gasteiger partial charge in [0.25, 0.3) is 0 Å². The van der Waals surface area contributed by atoms with E-state index in [1.807, 2.05) is 0 Å². The second kappa shape index (κ2) is 5.78. The van der Waals surface area contributed by atoms with Crippen molar-refractivity contribution in [3.8, 4) is 0 Å². The highest BCUT2D eigenvalue weighted by atomic mass is 31.2. The Kier molecular flexibility index (Phi) is 5.88. The lowest BCUT2D eigenvalue weighted by Crippen LogP contribution is -1.94. The molecule has 0 aromatic rings. The van der Waals surface area contributed by atoms with E-state index >= 15 is 0 Å². The third-order valence-corrected chi connectivity index (χ3v) is 2.48. The van der Waals surface area contributed by atoms with E-state index in [0.29, 0.717) is 6.61 Å². The smallest absolute Gasteiger partial charge is 0.247 e. The average molecular weight is 180 g/mol. The van der Waals surface area contributed by atoms with E-state index in [9.17, 15) is 4.89 Å². The van der Waals surface area contributed by atoms with Gasteiger partial charge in [0.05, 0.1) is 6.61 Å². The molecule has 4 heteroatoms. The quantitative estimate of drug-likeness (QED) is 0.502. The Morgan fingerprint density at radius 2 is 2.09 bits per heavy atom. The van der Waals surface area contributed by atoms with Crippen LogP contribution < -0.4 is 0 Å². The van der Waals surface area contributed by atoms with Gasteiger partial charge in [0.15, 0.2) is 0 Å². The van der Waals surface area contributed by atoms with E-state index in [0.717, 1.165) is 19.3 Å². The van der Waals surface area contributed by atoms with Crippen LogP contribution in [0.15, 0.2) is 0 Å². The molecule has 0 heterocycles. The number of rotatable bonds is 6. The van der Waals surface area contributed by atoms with Crippen LogP contribution in [0, 0.1) is 0 Å². The van der Waals surface area contributed by atoms with Crippen LogP contribution in [0.1, 0.15) is 26.2 Å². The third kappa shape index (κ3) is 6.57. The first-order valence-corrected chi connectivity index (χ1v) is 5.55. The summed E-state index contributed by atoms with van der Waals surface area (Å²) in [4.78, 5) is 9.18. The average Bonchev–Trinajstić information content (AvgIpc) is 1.99. The number of hydrogen-bond acceptors (Lipinski definition) is 3. The molecule has 0 aromatic heterocycles. The maximum atomic E-state index is 9.18. The zero-order chi connectivity index (χ0) is 8.74. The summed E-state index contributed by atoms with van der Waals surface area (Å²) >= 11 is 0. The molecule has 0 radical (unpaired) electrons. The maximum absolute atomic E-state index is 9.18. The first-order valence-electron chi connectivity index (χ1n) is 3.79. The number of hydrogen-bond donors (Lipinski definition) is 1. The van der Waals surface area contributed by atoms with Gasteiger partial charge in [-0.25, -0.2) is 0 Å². The van der Waals surface area contributed by atoms with E-state index in [1.165, 1.54) is 7.11 Å². The van der Waals surface area contributed by atoms with E-state index in [2.05, 4.69) is 17.7 Å². The fourth-order valence-electron chi connectivity index (χ4n) is 0.612. The molecule has 68 valence electrons. The van der Waals surface area contributed by atoms with Crippen LogP contribution >= 0.6 is 7.57 Å². The van der Waals surface area contributed by atoms with Gasteiger partial charge < -0.3 is 13.9 Å². The first-order chi connectivity index (χ1) is 5.12. The SMILES string of the molecule is C=P(O)(OC)OCCCCC.